The molecule has 0 saturated heterocycles. The molecule has 7 nitrogen and oxygen atoms in total. The van der Waals surface area contributed by atoms with Crippen molar-refractivity contribution in [2.45, 2.75) is 63.0 Å². The highest BCUT2D eigenvalue weighted by atomic mass is 32.2. The zero-order valence-corrected chi connectivity index (χ0v) is 19.5. The van der Waals surface area contributed by atoms with E-state index in [1.165, 1.54) is 6.20 Å². The molecule has 2 heterocycles. The minimum absolute atomic E-state index is 0.0694. The van der Waals surface area contributed by atoms with Gasteiger partial charge in [-0.05, 0) is 43.0 Å². The van der Waals surface area contributed by atoms with E-state index < -0.39 is 18.2 Å². The highest BCUT2D eigenvalue weighted by Gasteiger charge is 2.45. The van der Waals surface area contributed by atoms with Crippen LogP contribution in [0.25, 0.3) is 11.3 Å². The van der Waals surface area contributed by atoms with Gasteiger partial charge in [-0.2, -0.15) is 5.10 Å². The van der Waals surface area contributed by atoms with Crippen LogP contribution in [0.1, 0.15) is 45.4 Å². The molecule has 0 N–H and O–H groups in total. The van der Waals surface area contributed by atoms with E-state index in [4.69, 9.17) is 4.43 Å². The molecule has 2 aromatic heterocycles. The predicted octanol–water partition coefficient (Wildman–Crippen LogP) is 3.75. The fraction of sp³-hybridized carbons (Fsp3) is 0.632. The largest absolute Gasteiger partial charge is 0.408 e. The fourth-order valence-electron chi connectivity index (χ4n) is 2.92. The smallest absolute Gasteiger partial charge is 0.247 e. The SMILES string of the molecule is Cn1ncc(-c2ccnc(S(C)(=O)=O)n2)c1C(O[Si](C)(C)C(C)(C)C)C1CC1. The van der Waals surface area contributed by atoms with Gasteiger partial charge in [0.15, 0.2) is 8.32 Å². The molecule has 154 valence electrons. The highest BCUT2D eigenvalue weighted by molar-refractivity contribution is 7.90. The number of rotatable bonds is 6. The molecule has 1 atom stereocenters. The third-order valence-electron chi connectivity index (χ3n) is 5.77. The van der Waals surface area contributed by atoms with Crippen molar-refractivity contribution in [2.75, 3.05) is 6.26 Å². The standard InChI is InChI=1S/C19H30N4O3SSi/c1-19(2,3)28(6,7)26-17(13-8-9-13)16-14(12-21-23(16)4)15-10-11-20-18(22-15)27(5,24)25/h10-13,17H,8-9H2,1-7H3. The van der Waals surface area contributed by atoms with Crippen molar-refractivity contribution in [3.8, 4) is 11.3 Å². The maximum Gasteiger partial charge on any atom is 0.247 e. The monoisotopic (exact) mass is 422 g/mol. The molecule has 0 spiro atoms. The summed E-state index contributed by atoms with van der Waals surface area (Å²) < 4.78 is 32.5. The molecule has 2 aromatic rings. The van der Waals surface area contributed by atoms with Crippen LogP contribution in [-0.2, 0) is 21.3 Å². The molecule has 1 fully saturated rings. The van der Waals surface area contributed by atoms with Gasteiger partial charge in [0.2, 0.25) is 15.0 Å². The Morgan fingerprint density at radius 1 is 1.29 bits per heavy atom. The van der Waals surface area contributed by atoms with Crippen LogP contribution in [0.4, 0.5) is 0 Å². The van der Waals surface area contributed by atoms with Gasteiger partial charge in [0.05, 0.1) is 23.7 Å². The molecule has 0 aromatic carbocycles. The molecular formula is C19H30N4O3SSi. The lowest BCUT2D eigenvalue weighted by Crippen LogP contribution is -2.42. The first-order chi connectivity index (χ1) is 12.8. The number of aromatic nitrogens is 4. The summed E-state index contributed by atoms with van der Waals surface area (Å²) in [6, 6.07) is 1.73. The molecule has 28 heavy (non-hydrogen) atoms. The number of aryl methyl sites for hydroxylation is 1. The van der Waals surface area contributed by atoms with Gasteiger partial charge in [0.1, 0.15) is 0 Å². The Balaban J connectivity index is 2.07. The number of sulfone groups is 1. The second kappa shape index (κ2) is 7.03. The second-order valence-electron chi connectivity index (χ2n) is 9.20. The Kier molecular flexibility index (Phi) is 5.31. The van der Waals surface area contributed by atoms with Crippen LogP contribution < -0.4 is 0 Å². The molecule has 1 saturated carbocycles. The van der Waals surface area contributed by atoms with E-state index in [2.05, 4.69) is 48.9 Å². The molecule has 0 amide bonds. The third-order valence-corrected chi connectivity index (χ3v) is 11.1. The van der Waals surface area contributed by atoms with E-state index in [9.17, 15) is 8.42 Å². The molecule has 0 bridgehead atoms. The summed E-state index contributed by atoms with van der Waals surface area (Å²) in [6.45, 7) is 11.2. The number of nitrogens with zero attached hydrogens (tertiary/aromatic N) is 4. The van der Waals surface area contributed by atoms with E-state index in [0.717, 1.165) is 30.4 Å². The van der Waals surface area contributed by atoms with Crippen LogP contribution in [0.15, 0.2) is 23.6 Å². The quantitative estimate of drug-likeness (QED) is 0.520. The Labute approximate surface area is 168 Å². The van der Waals surface area contributed by atoms with Crippen molar-refractivity contribution in [3.63, 3.8) is 0 Å². The lowest BCUT2D eigenvalue weighted by Gasteiger charge is -2.39. The average Bonchev–Trinajstić information content (AvgIpc) is 3.34. The molecule has 1 unspecified atom stereocenters. The molecule has 0 radical (unpaired) electrons. The molecule has 3 rings (SSSR count). The van der Waals surface area contributed by atoms with Crippen molar-refractivity contribution in [2.24, 2.45) is 13.0 Å². The van der Waals surface area contributed by atoms with Crippen LogP contribution in [0, 0.1) is 5.92 Å². The summed E-state index contributed by atoms with van der Waals surface area (Å²) in [6.07, 6.45) is 6.53. The number of hydrogen-bond acceptors (Lipinski definition) is 6. The Morgan fingerprint density at radius 2 is 1.93 bits per heavy atom. The van der Waals surface area contributed by atoms with Gasteiger partial charge in [-0.1, -0.05) is 20.8 Å². The first-order valence-corrected chi connectivity index (χ1v) is 14.3. The third kappa shape index (κ3) is 4.21. The van der Waals surface area contributed by atoms with Gasteiger partial charge in [-0.3, -0.25) is 4.68 Å². The van der Waals surface area contributed by atoms with Crippen molar-refractivity contribution in [3.05, 3.63) is 24.2 Å². The van der Waals surface area contributed by atoms with E-state index >= 15 is 0 Å². The summed E-state index contributed by atoms with van der Waals surface area (Å²) in [5.41, 5.74) is 2.33. The fourth-order valence-corrected chi connectivity index (χ4v) is 4.73. The summed E-state index contributed by atoms with van der Waals surface area (Å²) >= 11 is 0. The van der Waals surface area contributed by atoms with Crippen molar-refractivity contribution in [1.29, 1.82) is 0 Å². The second-order valence-corrected chi connectivity index (χ2v) is 15.9. The highest BCUT2D eigenvalue weighted by Crippen LogP contribution is 2.49. The Hall–Kier alpha value is -1.58. The van der Waals surface area contributed by atoms with E-state index in [0.29, 0.717) is 11.6 Å². The van der Waals surface area contributed by atoms with E-state index in [-0.39, 0.29) is 16.3 Å². The van der Waals surface area contributed by atoms with Gasteiger partial charge in [0.25, 0.3) is 0 Å². The summed E-state index contributed by atoms with van der Waals surface area (Å²) in [4.78, 5) is 8.20. The minimum Gasteiger partial charge on any atom is -0.408 e. The molecule has 0 aliphatic heterocycles. The maximum atomic E-state index is 11.9. The van der Waals surface area contributed by atoms with Crippen molar-refractivity contribution >= 4 is 18.2 Å². The van der Waals surface area contributed by atoms with Gasteiger partial charge >= 0.3 is 0 Å². The average molecular weight is 423 g/mol. The lowest BCUT2D eigenvalue weighted by molar-refractivity contribution is 0.152. The summed E-state index contributed by atoms with van der Waals surface area (Å²) in [7, 11) is -3.59. The first-order valence-electron chi connectivity index (χ1n) is 9.54. The summed E-state index contributed by atoms with van der Waals surface area (Å²) in [5, 5.41) is 4.37. The Morgan fingerprint density at radius 3 is 2.46 bits per heavy atom. The van der Waals surface area contributed by atoms with Crippen LogP contribution in [-0.4, -0.2) is 42.7 Å². The normalized spacial score (nSPS) is 17.0. The van der Waals surface area contributed by atoms with Crippen LogP contribution >= 0.6 is 0 Å². The molecule has 1 aliphatic carbocycles. The Bertz CT molecular complexity index is 975. The zero-order chi connectivity index (χ0) is 20.9. The number of hydrogen-bond donors (Lipinski definition) is 0. The van der Waals surface area contributed by atoms with Crippen LogP contribution in [0.2, 0.25) is 18.1 Å². The zero-order valence-electron chi connectivity index (χ0n) is 17.7. The van der Waals surface area contributed by atoms with Gasteiger partial charge in [-0.15, -0.1) is 0 Å². The summed E-state index contributed by atoms with van der Waals surface area (Å²) in [5.74, 6) is 0.458. The first kappa shape index (κ1) is 21.1. The van der Waals surface area contributed by atoms with Gasteiger partial charge < -0.3 is 4.43 Å². The van der Waals surface area contributed by atoms with Crippen LogP contribution in [0.5, 0.6) is 0 Å². The molecular weight excluding hydrogens is 392 g/mol. The molecule has 9 heteroatoms. The van der Waals surface area contributed by atoms with Gasteiger partial charge in [0, 0.05) is 25.1 Å². The van der Waals surface area contributed by atoms with E-state index in [1.54, 1.807) is 12.3 Å². The van der Waals surface area contributed by atoms with Crippen molar-refractivity contribution < 1.29 is 12.8 Å². The lowest BCUT2D eigenvalue weighted by atomic mass is 10.1. The topological polar surface area (TPSA) is 87.0 Å². The molecule has 1 aliphatic rings. The predicted molar refractivity (Wildman–Crippen MR) is 111 cm³/mol. The maximum absolute atomic E-state index is 11.9. The van der Waals surface area contributed by atoms with E-state index in [1.807, 2.05) is 11.7 Å². The van der Waals surface area contributed by atoms with Crippen LogP contribution in [0.3, 0.4) is 0 Å². The minimum atomic E-state index is -3.49. The van der Waals surface area contributed by atoms with Crippen molar-refractivity contribution in [1.82, 2.24) is 19.7 Å². The van der Waals surface area contributed by atoms with Gasteiger partial charge in [-0.25, -0.2) is 18.4 Å².